The van der Waals surface area contributed by atoms with Gasteiger partial charge in [-0.25, -0.2) is 10.8 Å². The van der Waals surface area contributed by atoms with Crippen molar-refractivity contribution in [3.05, 3.63) is 47.8 Å². The van der Waals surface area contributed by atoms with Gasteiger partial charge < -0.3 is 0 Å². The van der Waals surface area contributed by atoms with Gasteiger partial charge in [-0.05, 0) is 41.6 Å². The van der Waals surface area contributed by atoms with E-state index in [0.29, 0.717) is 20.8 Å². The lowest BCUT2D eigenvalue weighted by atomic mass is 10.4. The molecule has 3 N–H and O–H groups in total. The molecule has 2 heterocycles. The summed E-state index contributed by atoms with van der Waals surface area (Å²) in [5.41, 5.74) is 2.00. The van der Waals surface area contributed by atoms with Crippen LogP contribution in [0.3, 0.4) is 0 Å². The molecule has 0 unspecified atom stereocenters. The van der Waals surface area contributed by atoms with Gasteiger partial charge in [0.1, 0.15) is 5.82 Å². The number of hydrazine groups is 1. The fourth-order valence-electron chi connectivity index (χ4n) is 1.55. The summed E-state index contributed by atoms with van der Waals surface area (Å²) in [6.45, 7) is 2.18. The molecule has 6 nitrogen and oxygen atoms in total. The largest absolute Gasteiger partial charge is 0.291 e. The Kier molecular flexibility index (Phi) is 4.32. The van der Waals surface area contributed by atoms with Gasteiger partial charge >= 0.3 is 0 Å². The molecule has 0 radical (unpaired) electrons. The number of rotatable bonds is 3. The molecule has 0 atom stereocenters. The first-order valence-corrected chi connectivity index (χ1v) is 7.24. The number of hydrogen-bond acceptors (Lipinski definition) is 5. The van der Waals surface area contributed by atoms with Crippen molar-refractivity contribution >= 4 is 39.8 Å². The van der Waals surface area contributed by atoms with Crippen LogP contribution >= 0.6 is 33.9 Å². The van der Waals surface area contributed by atoms with Crippen LogP contribution in [0.5, 0.6) is 0 Å². The van der Waals surface area contributed by atoms with Crippen LogP contribution in [0.2, 0.25) is 0 Å². The van der Waals surface area contributed by atoms with Gasteiger partial charge in [0.05, 0.1) is 15.0 Å². The number of nitrogens with two attached hydrogens (primary N) is 1. The highest BCUT2D eigenvalue weighted by Crippen LogP contribution is 2.17. The monoisotopic (exact) mass is 390 g/mol. The summed E-state index contributed by atoms with van der Waals surface area (Å²) >= 11 is 3.26. The number of aryl methyl sites for hydroxylation is 1. The number of nitrogen functional groups attached to an aromatic ring is 1. The third kappa shape index (κ3) is 3.01. The molecule has 0 saturated carbocycles. The number of halogens is 1. The topological polar surface area (TPSA) is 90.0 Å². The molecule has 2 aromatic rings. The molecule has 1 amide bonds. The number of amides is 1. The average Bonchev–Trinajstić information content (AvgIpc) is 2.87. The molecule has 100 valence electrons. The van der Waals surface area contributed by atoms with Crippen molar-refractivity contribution < 1.29 is 4.79 Å². The summed E-state index contributed by atoms with van der Waals surface area (Å²) < 4.78 is 2.15. The normalized spacial score (nSPS) is 10.5. The zero-order valence-corrected chi connectivity index (χ0v) is 13.0. The van der Waals surface area contributed by atoms with Crippen molar-refractivity contribution in [2.24, 2.45) is 5.84 Å². The molecule has 0 fully saturated rings. The van der Waals surface area contributed by atoms with Crippen LogP contribution in [-0.2, 0) is 6.54 Å². The molecular formula is C11H11IN4O2S. The van der Waals surface area contributed by atoms with Gasteiger partial charge in [-0.3, -0.25) is 19.6 Å². The summed E-state index contributed by atoms with van der Waals surface area (Å²) in [7, 11) is 0. The molecule has 2 rings (SSSR count). The molecule has 0 aliphatic heterocycles. The molecule has 19 heavy (non-hydrogen) atoms. The van der Waals surface area contributed by atoms with Crippen LogP contribution in [0.1, 0.15) is 20.4 Å². The van der Waals surface area contributed by atoms with Gasteiger partial charge in [-0.2, -0.15) is 0 Å². The average molecular weight is 390 g/mol. The van der Waals surface area contributed by atoms with E-state index in [2.05, 4.69) is 10.4 Å². The maximum absolute atomic E-state index is 12.0. The van der Waals surface area contributed by atoms with Crippen LogP contribution in [0.15, 0.2) is 23.1 Å². The first-order chi connectivity index (χ1) is 9.02. The van der Waals surface area contributed by atoms with Gasteiger partial charge in [0.2, 0.25) is 0 Å². The number of thiophene rings is 1. The van der Waals surface area contributed by atoms with Gasteiger partial charge in [-0.15, -0.1) is 11.3 Å². The SMILES string of the molecule is Cc1ncc(I)c(=O)n1Cc1ccc(C(=O)NN)s1. The Hall–Kier alpha value is -1.26. The van der Waals surface area contributed by atoms with Crippen molar-refractivity contribution in [2.45, 2.75) is 13.5 Å². The Labute approximate surface area is 126 Å². The second-order valence-corrected chi connectivity index (χ2v) is 6.11. The van der Waals surface area contributed by atoms with Crippen LogP contribution in [0.25, 0.3) is 0 Å². The van der Waals surface area contributed by atoms with Crippen LogP contribution in [-0.4, -0.2) is 15.5 Å². The molecule has 0 spiro atoms. The summed E-state index contributed by atoms with van der Waals surface area (Å²) in [4.78, 5) is 28.9. The van der Waals surface area contributed by atoms with Crippen molar-refractivity contribution in [1.82, 2.24) is 15.0 Å². The first kappa shape index (κ1) is 14.2. The number of carbonyl (C=O) groups is 1. The minimum atomic E-state index is -0.332. The van der Waals surface area contributed by atoms with Gasteiger partial charge in [0, 0.05) is 11.1 Å². The molecule has 0 aliphatic carbocycles. The maximum atomic E-state index is 12.0. The van der Waals surface area contributed by atoms with Gasteiger partial charge in [0.15, 0.2) is 0 Å². The summed E-state index contributed by atoms with van der Waals surface area (Å²) in [5.74, 6) is 5.38. The summed E-state index contributed by atoms with van der Waals surface area (Å²) in [6, 6.07) is 3.49. The standard InChI is InChI=1S/C11H11IN4O2S/c1-6-14-4-8(12)11(18)16(6)5-7-2-3-9(19-7)10(17)15-13/h2-4H,5,13H2,1H3,(H,15,17). The first-order valence-electron chi connectivity index (χ1n) is 5.34. The van der Waals surface area contributed by atoms with E-state index in [4.69, 9.17) is 5.84 Å². The molecule has 0 bridgehead atoms. The van der Waals surface area contributed by atoms with E-state index in [-0.39, 0.29) is 11.5 Å². The summed E-state index contributed by atoms with van der Waals surface area (Å²) in [6.07, 6.45) is 1.55. The lowest BCUT2D eigenvalue weighted by Crippen LogP contribution is -2.29. The molecule has 0 saturated heterocycles. The molecule has 0 aliphatic rings. The Morgan fingerprint density at radius 3 is 3.00 bits per heavy atom. The van der Waals surface area contributed by atoms with Crippen LogP contribution < -0.4 is 16.8 Å². The minimum absolute atomic E-state index is 0.0775. The highest BCUT2D eigenvalue weighted by molar-refractivity contribution is 14.1. The highest BCUT2D eigenvalue weighted by atomic mass is 127. The molecule has 2 aromatic heterocycles. The molecule has 8 heteroatoms. The highest BCUT2D eigenvalue weighted by Gasteiger charge is 2.10. The Morgan fingerprint density at radius 2 is 2.32 bits per heavy atom. The van der Waals surface area contributed by atoms with Crippen molar-refractivity contribution in [3.8, 4) is 0 Å². The smallest absolute Gasteiger partial charge is 0.275 e. The third-order valence-electron chi connectivity index (χ3n) is 2.54. The lowest BCUT2D eigenvalue weighted by Gasteiger charge is -2.07. The van der Waals surface area contributed by atoms with E-state index in [1.54, 1.807) is 29.8 Å². The Bertz CT molecular complexity index is 680. The van der Waals surface area contributed by atoms with E-state index in [1.165, 1.54) is 11.3 Å². The van der Waals surface area contributed by atoms with E-state index in [0.717, 1.165) is 4.88 Å². The van der Waals surface area contributed by atoms with Crippen molar-refractivity contribution in [2.75, 3.05) is 0 Å². The Balaban J connectivity index is 2.32. The van der Waals surface area contributed by atoms with Gasteiger partial charge in [0.25, 0.3) is 11.5 Å². The predicted octanol–water partition coefficient (Wildman–Crippen LogP) is 0.870. The maximum Gasteiger partial charge on any atom is 0.275 e. The zero-order chi connectivity index (χ0) is 14.0. The second-order valence-electron chi connectivity index (χ2n) is 3.78. The van der Waals surface area contributed by atoms with Crippen LogP contribution in [0, 0.1) is 10.5 Å². The van der Waals surface area contributed by atoms with Crippen LogP contribution in [0.4, 0.5) is 0 Å². The molecule has 0 aromatic carbocycles. The van der Waals surface area contributed by atoms with E-state index in [9.17, 15) is 9.59 Å². The lowest BCUT2D eigenvalue weighted by molar-refractivity contribution is 0.0957. The number of aromatic nitrogens is 2. The van der Waals surface area contributed by atoms with E-state index < -0.39 is 0 Å². The molecular weight excluding hydrogens is 379 g/mol. The van der Waals surface area contributed by atoms with Crippen molar-refractivity contribution in [3.63, 3.8) is 0 Å². The summed E-state index contributed by atoms with van der Waals surface area (Å²) in [5, 5.41) is 0. The zero-order valence-electron chi connectivity index (χ0n) is 10.0. The Morgan fingerprint density at radius 1 is 1.58 bits per heavy atom. The second kappa shape index (κ2) is 5.80. The van der Waals surface area contributed by atoms with Gasteiger partial charge in [-0.1, -0.05) is 0 Å². The van der Waals surface area contributed by atoms with E-state index >= 15 is 0 Å². The number of nitrogens with zero attached hydrogens (tertiary/aromatic N) is 2. The fraction of sp³-hybridized carbons (Fsp3) is 0.182. The fourth-order valence-corrected chi connectivity index (χ4v) is 2.88. The number of hydrogen-bond donors (Lipinski definition) is 2. The quantitative estimate of drug-likeness (QED) is 0.352. The van der Waals surface area contributed by atoms with Crippen molar-refractivity contribution in [1.29, 1.82) is 0 Å². The predicted molar refractivity (Wildman–Crippen MR) is 81.0 cm³/mol. The number of carbonyl (C=O) groups excluding carboxylic acids is 1. The third-order valence-corrected chi connectivity index (χ3v) is 4.34. The number of nitrogens with one attached hydrogen (secondary N) is 1. The van der Waals surface area contributed by atoms with E-state index in [1.807, 2.05) is 22.6 Å². The minimum Gasteiger partial charge on any atom is -0.291 e.